The van der Waals surface area contributed by atoms with Gasteiger partial charge in [0.15, 0.2) is 6.29 Å². The summed E-state index contributed by atoms with van der Waals surface area (Å²) in [7, 11) is 3.20. The third-order valence-corrected chi connectivity index (χ3v) is 2.93. The van der Waals surface area contributed by atoms with Crippen molar-refractivity contribution in [1.29, 1.82) is 0 Å². The molecule has 0 fully saturated rings. The number of rotatable bonds is 6. The van der Waals surface area contributed by atoms with E-state index in [1.807, 2.05) is 30.5 Å². The molecule has 0 spiro atoms. The van der Waals surface area contributed by atoms with Gasteiger partial charge in [0.25, 0.3) is 0 Å². The molecule has 102 valence electrons. The molecule has 0 bridgehead atoms. The molecule has 6 heteroatoms. The van der Waals surface area contributed by atoms with Gasteiger partial charge in [-0.3, -0.25) is 0 Å². The fourth-order valence-corrected chi connectivity index (χ4v) is 1.89. The lowest BCUT2D eigenvalue weighted by molar-refractivity contribution is -0.0914. The Labute approximate surface area is 117 Å². The summed E-state index contributed by atoms with van der Waals surface area (Å²) in [4.78, 5) is 0. The molecule has 2 aromatic rings. The monoisotopic (exact) mass is 281 g/mol. The Kier molecular flexibility index (Phi) is 4.79. The van der Waals surface area contributed by atoms with Crippen LogP contribution in [0.4, 0.5) is 5.69 Å². The molecule has 5 nitrogen and oxygen atoms in total. The lowest BCUT2D eigenvalue weighted by atomic mass is 10.2. The van der Waals surface area contributed by atoms with E-state index in [4.69, 9.17) is 21.1 Å². The zero-order chi connectivity index (χ0) is 13.7. The largest absolute Gasteiger partial charge is 0.378 e. The average molecular weight is 282 g/mol. The van der Waals surface area contributed by atoms with Crippen molar-refractivity contribution in [1.82, 2.24) is 9.78 Å². The van der Waals surface area contributed by atoms with Gasteiger partial charge in [0.2, 0.25) is 0 Å². The molecule has 0 atom stereocenters. The summed E-state index contributed by atoms with van der Waals surface area (Å²) in [5, 5.41) is 8.12. The van der Waals surface area contributed by atoms with Gasteiger partial charge in [-0.1, -0.05) is 11.6 Å². The Morgan fingerprint density at radius 2 is 2.16 bits per heavy atom. The lowest BCUT2D eigenvalue weighted by Crippen LogP contribution is -2.24. The van der Waals surface area contributed by atoms with E-state index in [1.54, 1.807) is 25.1 Å². The number of hydrogen-bond donors (Lipinski definition) is 1. The fourth-order valence-electron chi connectivity index (χ4n) is 1.72. The molecule has 1 N–H and O–H groups in total. The number of anilines is 1. The van der Waals surface area contributed by atoms with Gasteiger partial charge in [0.05, 0.1) is 17.9 Å². The van der Waals surface area contributed by atoms with E-state index in [0.717, 1.165) is 11.4 Å². The Bertz CT molecular complexity index is 513. The Balaban J connectivity index is 2.21. The van der Waals surface area contributed by atoms with Crippen LogP contribution in [0.3, 0.4) is 0 Å². The molecular formula is C13H16ClN3O2. The van der Waals surface area contributed by atoms with Crippen LogP contribution in [0.15, 0.2) is 36.7 Å². The normalized spacial score (nSPS) is 10.9. The molecule has 0 radical (unpaired) electrons. The first-order valence-electron chi connectivity index (χ1n) is 5.83. The summed E-state index contributed by atoms with van der Waals surface area (Å²) in [6.45, 7) is 0.515. The minimum absolute atomic E-state index is 0.315. The highest BCUT2D eigenvalue weighted by molar-refractivity contribution is 6.31. The number of benzene rings is 1. The first-order valence-corrected chi connectivity index (χ1v) is 6.21. The van der Waals surface area contributed by atoms with Crippen molar-refractivity contribution in [3.63, 3.8) is 0 Å². The SMILES string of the molecule is COC(CNc1cc(Cl)ccc1-n1cccn1)OC. The maximum atomic E-state index is 6.03. The summed E-state index contributed by atoms with van der Waals surface area (Å²) >= 11 is 6.03. The second-order valence-electron chi connectivity index (χ2n) is 3.89. The lowest BCUT2D eigenvalue weighted by Gasteiger charge is -2.17. The minimum Gasteiger partial charge on any atom is -0.378 e. The van der Waals surface area contributed by atoms with E-state index < -0.39 is 0 Å². The average Bonchev–Trinajstić information content (AvgIpc) is 2.94. The topological polar surface area (TPSA) is 48.3 Å². The number of nitrogens with zero attached hydrogens (tertiary/aromatic N) is 2. The molecule has 0 saturated heterocycles. The van der Waals surface area contributed by atoms with Crippen molar-refractivity contribution >= 4 is 17.3 Å². The van der Waals surface area contributed by atoms with Crippen LogP contribution in [0.1, 0.15) is 0 Å². The van der Waals surface area contributed by atoms with Crippen LogP contribution in [-0.2, 0) is 9.47 Å². The third-order valence-electron chi connectivity index (χ3n) is 2.69. The van der Waals surface area contributed by atoms with Crippen LogP contribution in [0.25, 0.3) is 5.69 Å². The molecule has 0 aliphatic rings. The molecular weight excluding hydrogens is 266 g/mol. The zero-order valence-electron chi connectivity index (χ0n) is 10.8. The molecule has 0 aliphatic carbocycles. The first kappa shape index (κ1) is 13.9. The summed E-state index contributed by atoms with van der Waals surface area (Å²) in [6, 6.07) is 7.45. The first-order chi connectivity index (χ1) is 9.24. The van der Waals surface area contributed by atoms with Gasteiger partial charge in [-0.25, -0.2) is 4.68 Å². The second kappa shape index (κ2) is 6.56. The molecule has 1 heterocycles. The summed E-state index contributed by atoms with van der Waals surface area (Å²) in [6.07, 6.45) is 3.29. The fraction of sp³-hybridized carbons (Fsp3) is 0.308. The van der Waals surface area contributed by atoms with E-state index >= 15 is 0 Å². The number of methoxy groups -OCH3 is 2. The van der Waals surface area contributed by atoms with E-state index in [-0.39, 0.29) is 6.29 Å². The van der Waals surface area contributed by atoms with Crippen molar-refractivity contribution in [2.45, 2.75) is 6.29 Å². The predicted octanol–water partition coefficient (Wildman–Crippen LogP) is 2.56. The van der Waals surface area contributed by atoms with Crippen LogP contribution in [0, 0.1) is 0 Å². The quantitative estimate of drug-likeness (QED) is 0.827. The van der Waals surface area contributed by atoms with Gasteiger partial charge in [-0.2, -0.15) is 5.10 Å². The van der Waals surface area contributed by atoms with Gasteiger partial charge < -0.3 is 14.8 Å². The van der Waals surface area contributed by atoms with Crippen LogP contribution in [-0.4, -0.2) is 36.8 Å². The Morgan fingerprint density at radius 1 is 1.37 bits per heavy atom. The second-order valence-corrected chi connectivity index (χ2v) is 4.33. The van der Waals surface area contributed by atoms with Gasteiger partial charge in [0.1, 0.15) is 0 Å². The van der Waals surface area contributed by atoms with Crippen molar-refractivity contribution in [2.24, 2.45) is 0 Å². The molecule has 0 unspecified atom stereocenters. The maximum Gasteiger partial charge on any atom is 0.173 e. The Hall–Kier alpha value is -1.56. The van der Waals surface area contributed by atoms with E-state index in [2.05, 4.69) is 10.4 Å². The van der Waals surface area contributed by atoms with Gasteiger partial charge in [-0.15, -0.1) is 0 Å². The molecule has 0 aliphatic heterocycles. The summed E-state index contributed by atoms with van der Waals surface area (Å²) in [5.41, 5.74) is 1.79. The van der Waals surface area contributed by atoms with E-state index in [9.17, 15) is 0 Å². The minimum atomic E-state index is -0.315. The number of halogens is 1. The van der Waals surface area contributed by atoms with Gasteiger partial charge >= 0.3 is 0 Å². The van der Waals surface area contributed by atoms with Crippen molar-refractivity contribution in [2.75, 3.05) is 26.1 Å². The smallest absolute Gasteiger partial charge is 0.173 e. The van der Waals surface area contributed by atoms with Crippen molar-refractivity contribution in [3.8, 4) is 5.69 Å². The summed E-state index contributed by atoms with van der Waals surface area (Å²) < 4.78 is 12.1. The van der Waals surface area contributed by atoms with Crippen LogP contribution < -0.4 is 5.32 Å². The standard InChI is InChI=1S/C13H16ClN3O2/c1-18-13(19-2)9-15-11-8-10(14)4-5-12(11)17-7-3-6-16-17/h3-8,13,15H,9H2,1-2H3. The number of hydrogen-bond acceptors (Lipinski definition) is 4. The molecule has 19 heavy (non-hydrogen) atoms. The maximum absolute atomic E-state index is 6.03. The van der Waals surface area contributed by atoms with Crippen LogP contribution in [0.5, 0.6) is 0 Å². The molecule has 0 saturated carbocycles. The van der Waals surface area contributed by atoms with Gasteiger partial charge in [-0.05, 0) is 24.3 Å². The summed E-state index contributed by atoms with van der Waals surface area (Å²) in [5.74, 6) is 0. The highest BCUT2D eigenvalue weighted by Gasteiger charge is 2.09. The highest BCUT2D eigenvalue weighted by atomic mass is 35.5. The molecule has 0 amide bonds. The predicted molar refractivity (Wildman–Crippen MR) is 74.9 cm³/mol. The molecule has 2 rings (SSSR count). The highest BCUT2D eigenvalue weighted by Crippen LogP contribution is 2.24. The van der Waals surface area contributed by atoms with Crippen LogP contribution >= 0.6 is 11.6 Å². The molecule has 1 aromatic heterocycles. The number of ether oxygens (including phenoxy) is 2. The van der Waals surface area contributed by atoms with E-state index in [1.165, 1.54) is 0 Å². The third kappa shape index (κ3) is 3.47. The van der Waals surface area contributed by atoms with Gasteiger partial charge in [0, 0.05) is 31.6 Å². The zero-order valence-corrected chi connectivity index (χ0v) is 11.6. The molecule has 1 aromatic carbocycles. The van der Waals surface area contributed by atoms with Crippen molar-refractivity contribution < 1.29 is 9.47 Å². The van der Waals surface area contributed by atoms with E-state index in [0.29, 0.717) is 11.6 Å². The number of nitrogens with one attached hydrogen (secondary N) is 1. The van der Waals surface area contributed by atoms with Crippen LogP contribution in [0.2, 0.25) is 5.02 Å². The Morgan fingerprint density at radius 3 is 2.79 bits per heavy atom. The number of aromatic nitrogens is 2. The van der Waals surface area contributed by atoms with Crippen molar-refractivity contribution in [3.05, 3.63) is 41.7 Å².